The summed E-state index contributed by atoms with van der Waals surface area (Å²) in [5.41, 5.74) is 10.3. The van der Waals surface area contributed by atoms with Gasteiger partial charge in [-0.3, -0.25) is 0 Å². The lowest BCUT2D eigenvalue weighted by atomic mass is 10.1. The van der Waals surface area contributed by atoms with Gasteiger partial charge in [-0.05, 0) is 48.4 Å². The molecule has 0 unspecified atom stereocenters. The van der Waals surface area contributed by atoms with Crippen molar-refractivity contribution in [2.24, 2.45) is 0 Å². The van der Waals surface area contributed by atoms with Crippen LogP contribution in [-0.4, -0.2) is 7.05 Å². The number of hydrogen-bond donors (Lipinski definition) is 1. The Labute approximate surface area is 117 Å². The van der Waals surface area contributed by atoms with Crippen LogP contribution in [0.4, 0.5) is 11.4 Å². The molecule has 0 bridgehead atoms. The number of benzene rings is 2. The van der Waals surface area contributed by atoms with Crippen LogP contribution in [0.3, 0.4) is 0 Å². The second-order valence-corrected chi connectivity index (χ2v) is 5.44. The lowest BCUT2D eigenvalue weighted by Gasteiger charge is -2.20. The number of aryl methyl sites for hydroxylation is 1. The van der Waals surface area contributed by atoms with Crippen molar-refractivity contribution in [3.05, 3.63) is 58.1 Å². The molecule has 2 N–H and O–H groups in total. The molecule has 94 valence electrons. The molecule has 3 heteroatoms. The minimum Gasteiger partial charge on any atom is -0.399 e. The van der Waals surface area contributed by atoms with Crippen LogP contribution in [0.1, 0.15) is 11.1 Å². The third-order valence-electron chi connectivity index (χ3n) is 3.00. The van der Waals surface area contributed by atoms with Crippen LogP contribution < -0.4 is 10.6 Å². The Morgan fingerprint density at radius 1 is 1.17 bits per heavy atom. The maximum Gasteiger partial charge on any atom is 0.0426 e. The highest BCUT2D eigenvalue weighted by Crippen LogP contribution is 2.21. The molecule has 0 atom stereocenters. The van der Waals surface area contributed by atoms with Crippen LogP contribution in [0.5, 0.6) is 0 Å². The highest BCUT2D eigenvalue weighted by molar-refractivity contribution is 9.10. The van der Waals surface area contributed by atoms with E-state index in [1.165, 1.54) is 11.3 Å². The molecule has 0 saturated carbocycles. The van der Waals surface area contributed by atoms with Crippen molar-refractivity contribution in [1.29, 1.82) is 0 Å². The Morgan fingerprint density at radius 2 is 1.94 bits per heavy atom. The van der Waals surface area contributed by atoms with Crippen molar-refractivity contribution in [2.45, 2.75) is 13.5 Å². The van der Waals surface area contributed by atoms with Gasteiger partial charge in [0.1, 0.15) is 0 Å². The van der Waals surface area contributed by atoms with E-state index < -0.39 is 0 Å². The zero-order valence-electron chi connectivity index (χ0n) is 10.7. The van der Waals surface area contributed by atoms with E-state index in [-0.39, 0.29) is 0 Å². The van der Waals surface area contributed by atoms with Gasteiger partial charge in [-0.1, -0.05) is 28.1 Å². The molecular weight excluding hydrogens is 288 g/mol. The van der Waals surface area contributed by atoms with E-state index in [0.717, 1.165) is 22.3 Å². The summed E-state index contributed by atoms with van der Waals surface area (Å²) in [7, 11) is 2.09. The largest absolute Gasteiger partial charge is 0.399 e. The Bertz CT molecular complexity index is 552. The van der Waals surface area contributed by atoms with E-state index in [0.29, 0.717) is 0 Å². The molecule has 2 aromatic carbocycles. The zero-order chi connectivity index (χ0) is 13.1. The normalized spacial score (nSPS) is 10.4. The number of hydrogen-bond acceptors (Lipinski definition) is 2. The molecule has 0 aliphatic rings. The molecule has 18 heavy (non-hydrogen) atoms. The summed E-state index contributed by atoms with van der Waals surface area (Å²) in [4.78, 5) is 2.22. The molecule has 0 saturated heterocycles. The fourth-order valence-electron chi connectivity index (χ4n) is 1.90. The molecule has 0 aliphatic carbocycles. The minimum absolute atomic E-state index is 0.842. The van der Waals surface area contributed by atoms with Crippen LogP contribution >= 0.6 is 15.9 Å². The second-order valence-electron chi connectivity index (χ2n) is 4.53. The lowest BCUT2D eigenvalue weighted by molar-refractivity contribution is 0.921. The molecule has 0 aliphatic heterocycles. The molecule has 2 rings (SSSR count). The van der Waals surface area contributed by atoms with Crippen LogP contribution in [0.15, 0.2) is 46.9 Å². The third kappa shape index (κ3) is 3.05. The maximum atomic E-state index is 5.84. The predicted molar refractivity (Wildman–Crippen MR) is 81.8 cm³/mol. The summed E-state index contributed by atoms with van der Waals surface area (Å²) in [5, 5.41) is 0. The number of nitrogens with zero attached hydrogens (tertiary/aromatic N) is 1. The van der Waals surface area contributed by atoms with Crippen molar-refractivity contribution in [3.63, 3.8) is 0 Å². The molecule has 0 aromatic heterocycles. The van der Waals surface area contributed by atoms with Crippen molar-refractivity contribution < 1.29 is 0 Å². The average Bonchev–Trinajstić information content (AvgIpc) is 2.32. The van der Waals surface area contributed by atoms with Gasteiger partial charge < -0.3 is 10.6 Å². The summed E-state index contributed by atoms with van der Waals surface area (Å²) in [5.74, 6) is 0. The number of nitrogens with two attached hydrogens (primary N) is 1. The quantitative estimate of drug-likeness (QED) is 0.869. The number of nitrogen functional groups attached to an aromatic ring is 1. The van der Waals surface area contributed by atoms with E-state index >= 15 is 0 Å². The topological polar surface area (TPSA) is 29.3 Å². The summed E-state index contributed by atoms with van der Waals surface area (Å²) >= 11 is 3.49. The van der Waals surface area contributed by atoms with Gasteiger partial charge in [-0.2, -0.15) is 0 Å². The fourth-order valence-corrected chi connectivity index (χ4v) is 2.34. The third-order valence-corrected chi connectivity index (χ3v) is 3.50. The van der Waals surface area contributed by atoms with Gasteiger partial charge in [0, 0.05) is 29.4 Å². The van der Waals surface area contributed by atoms with Crippen molar-refractivity contribution >= 4 is 27.3 Å². The van der Waals surface area contributed by atoms with Crippen LogP contribution in [0.25, 0.3) is 0 Å². The molecule has 0 radical (unpaired) electrons. The standard InChI is InChI=1S/C15H17BrN2/c1-11-8-14(6-7-15(11)17)18(2)10-12-4-3-5-13(16)9-12/h3-9H,10,17H2,1-2H3. The van der Waals surface area contributed by atoms with E-state index in [4.69, 9.17) is 5.73 Å². The zero-order valence-corrected chi connectivity index (χ0v) is 12.2. The van der Waals surface area contributed by atoms with Crippen molar-refractivity contribution in [3.8, 4) is 0 Å². The molecule has 0 heterocycles. The highest BCUT2D eigenvalue weighted by atomic mass is 79.9. The summed E-state index contributed by atoms with van der Waals surface area (Å²) in [6, 6.07) is 14.5. The highest BCUT2D eigenvalue weighted by Gasteiger charge is 2.04. The second kappa shape index (κ2) is 5.44. The Balaban J connectivity index is 2.16. The van der Waals surface area contributed by atoms with Gasteiger partial charge in [-0.15, -0.1) is 0 Å². The number of halogens is 1. The van der Waals surface area contributed by atoms with Gasteiger partial charge in [0.25, 0.3) is 0 Å². The van der Waals surface area contributed by atoms with Crippen LogP contribution in [-0.2, 0) is 6.54 Å². The smallest absolute Gasteiger partial charge is 0.0426 e. The minimum atomic E-state index is 0.842. The Morgan fingerprint density at radius 3 is 2.61 bits per heavy atom. The van der Waals surface area contributed by atoms with Crippen molar-refractivity contribution in [1.82, 2.24) is 0 Å². The first-order valence-electron chi connectivity index (χ1n) is 5.88. The molecule has 2 aromatic rings. The molecule has 0 amide bonds. The Hall–Kier alpha value is -1.48. The average molecular weight is 305 g/mol. The van der Waals surface area contributed by atoms with E-state index in [1.54, 1.807) is 0 Å². The SMILES string of the molecule is Cc1cc(N(C)Cc2cccc(Br)c2)ccc1N. The molecule has 0 fully saturated rings. The van der Waals surface area contributed by atoms with E-state index in [1.807, 2.05) is 19.1 Å². The van der Waals surface area contributed by atoms with Gasteiger partial charge in [-0.25, -0.2) is 0 Å². The molecule has 0 spiro atoms. The molecular formula is C15H17BrN2. The van der Waals surface area contributed by atoms with Crippen molar-refractivity contribution in [2.75, 3.05) is 17.7 Å². The summed E-state index contributed by atoms with van der Waals surface area (Å²) < 4.78 is 1.11. The maximum absolute atomic E-state index is 5.84. The Kier molecular flexibility index (Phi) is 3.92. The van der Waals surface area contributed by atoms with Gasteiger partial charge in [0.15, 0.2) is 0 Å². The first kappa shape index (κ1) is 13.0. The number of rotatable bonds is 3. The fraction of sp³-hybridized carbons (Fsp3) is 0.200. The first-order chi connectivity index (χ1) is 8.56. The monoisotopic (exact) mass is 304 g/mol. The van der Waals surface area contributed by atoms with E-state index in [9.17, 15) is 0 Å². The lowest BCUT2D eigenvalue weighted by Crippen LogP contribution is -2.16. The van der Waals surface area contributed by atoms with Gasteiger partial charge >= 0.3 is 0 Å². The van der Waals surface area contributed by atoms with Crippen LogP contribution in [0, 0.1) is 6.92 Å². The summed E-state index contributed by atoms with van der Waals surface area (Å²) in [6.45, 7) is 2.91. The number of anilines is 2. The molecule has 2 nitrogen and oxygen atoms in total. The van der Waals surface area contributed by atoms with E-state index in [2.05, 4.69) is 58.2 Å². The van der Waals surface area contributed by atoms with Gasteiger partial charge in [0.2, 0.25) is 0 Å². The van der Waals surface area contributed by atoms with Gasteiger partial charge in [0.05, 0.1) is 0 Å². The first-order valence-corrected chi connectivity index (χ1v) is 6.67. The van der Waals surface area contributed by atoms with Crippen LogP contribution in [0.2, 0.25) is 0 Å². The summed E-state index contributed by atoms with van der Waals surface area (Å²) in [6.07, 6.45) is 0. The predicted octanol–water partition coefficient (Wildman–Crippen LogP) is 3.98.